The quantitative estimate of drug-likeness (QED) is 0.274. The Bertz CT molecular complexity index is 379. The number of ether oxygens (including phenoxy) is 1. The van der Waals surface area contributed by atoms with Crippen molar-refractivity contribution in [2.45, 2.75) is 110 Å². The lowest BCUT2D eigenvalue weighted by molar-refractivity contribution is 0.414. The minimum Gasteiger partial charge on any atom is -0.497 e. The third-order valence-electron chi connectivity index (χ3n) is 5.40. The van der Waals surface area contributed by atoms with Crippen LogP contribution in [0.5, 0.6) is 5.75 Å². The molecule has 0 fully saturated rings. The van der Waals surface area contributed by atoms with Gasteiger partial charge in [-0.2, -0.15) is 0 Å². The van der Waals surface area contributed by atoms with Gasteiger partial charge in [-0.1, -0.05) is 103 Å². The van der Waals surface area contributed by atoms with Crippen LogP contribution in [0.1, 0.15) is 115 Å². The van der Waals surface area contributed by atoms with Gasteiger partial charge in [-0.25, -0.2) is 0 Å². The Kier molecular flexibility index (Phi) is 13.5. The van der Waals surface area contributed by atoms with Gasteiger partial charge in [-0.15, -0.1) is 0 Å². The van der Waals surface area contributed by atoms with Crippen molar-refractivity contribution in [3.05, 3.63) is 29.8 Å². The van der Waals surface area contributed by atoms with Crippen LogP contribution in [0.3, 0.4) is 0 Å². The molecule has 0 amide bonds. The predicted octanol–water partition coefficient (Wildman–Crippen LogP) is 8.28. The molecule has 0 bridgehead atoms. The predicted molar refractivity (Wildman–Crippen MR) is 112 cm³/mol. The average molecular weight is 347 g/mol. The molecule has 0 aliphatic carbocycles. The maximum Gasteiger partial charge on any atom is 0.118 e. The zero-order valence-electron chi connectivity index (χ0n) is 17.2. The number of unbranched alkanes of at least 4 members (excludes halogenated alkanes) is 10. The molecule has 0 N–H and O–H groups in total. The lowest BCUT2D eigenvalue weighted by Gasteiger charge is -2.18. The number of methoxy groups -OCH3 is 1. The summed E-state index contributed by atoms with van der Waals surface area (Å²) in [7, 11) is 1.75. The van der Waals surface area contributed by atoms with E-state index < -0.39 is 0 Å². The van der Waals surface area contributed by atoms with Crippen molar-refractivity contribution >= 4 is 0 Å². The molecule has 25 heavy (non-hydrogen) atoms. The zero-order valence-corrected chi connectivity index (χ0v) is 17.2. The van der Waals surface area contributed by atoms with Gasteiger partial charge in [0.25, 0.3) is 0 Å². The third-order valence-corrected chi connectivity index (χ3v) is 5.40. The van der Waals surface area contributed by atoms with Crippen LogP contribution < -0.4 is 4.74 Å². The highest BCUT2D eigenvalue weighted by Gasteiger charge is 2.11. The summed E-state index contributed by atoms with van der Waals surface area (Å²) in [6.45, 7) is 4.58. The van der Waals surface area contributed by atoms with E-state index in [0.717, 1.165) is 11.7 Å². The number of hydrogen-bond donors (Lipinski definition) is 0. The van der Waals surface area contributed by atoms with Gasteiger partial charge in [0.15, 0.2) is 0 Å². The average Bonchev–Trinajstić information content (AvgIpc) is 2.65. The fourth-order valence-electron chi connectivity index (χ4n) is 3.70. The number of rotatable bonds is 16. The Morgan fingerprint density at radius 3 is 1.52 bits per heavy atom. The van der Waals surface area contributed by atoms with Crippen LogP contribution in [-0.4, -0.2) is 7.11 Å². The fourth-order valence-corrected chi connectivity index (χ4v) is 3.70. The van der Waals surface area contributed by atoms with Gasteiger partial charge in [0.2, 0.25) is 0 Å². The van der Waals surface area contributed by atoms with E-state index in [1.54, 1.807) is 7.11 Å². The van der Waals surface area contributed by atoms with E-state index in [1.165, 1.54) is 95.5 Å². The molecule has 0 atom stereocenters. The summed E-state index contributed by atoms with van der Waals surface area (Å²) < 4.78 is 5.32. The first-order valence-electron chi connectivity index (χ1n) is 11.0. The van der Waals surface area contributed by atoms with Crippen LogP contribution in [0, 0.1) is 0 Å². The van der Waals surface area contributed by atoms with Gasteiger partial charge in [0.05, 0.1) is 7.11 Å². The van der Waals surface area contributed by atoms with E-state index in [9.17, 15) is 0 Å². The van der Waals surface area contributed by atoms with Gasteiger partial charge < -0.3 is 4.74 Å². The van der Waals surface area contributed by atoms with Gasteiger partial charge in [0.1, 0.15) is 5.75 Å². The topological polar surface area (TPSA) is 9.23 Å². The van der Waals surface area contributed by atoms with Crippen molar-refractivity contribution in [1.29, 1.82) is 0 Å². The summed E-state index contributed by atoms with van der Waals surface area (Å²) in [6.07, 6.45) is 19.4. The van der Waals surface area contributed by atoms with Crippen molar-refractivity contribution in [3.63, 3.8) is 0 Å². The highest BCUT2D eigenvalue weighted by atomic mass is 16.5. The molecule has 0 radical (unpaired) electrons. The molecule has 0 aromatic heterocycles. The van der Waals surface area contributed by atoms with Crippen molar-refractivity contribution in [2.75, 3.05) is 7.11 Å². The highest BCUT2D eigenvalue weighted by Crippen LogP contribution is 2.30. The van der Waals surface area contributed by atoms with Crippen LogP contribution in [0.4, 0.5) is 0 Å². The molecule has 0 aliphatic rings. The van der Waals surface area contributed by atoms with Crippen molar-refractivity contribution in [1.82, 2.24) is 0 Å². The van der Waals surface area contributed by atoms with E-state index in [1.807, 2.05) is 0 Å². The molecule has 1 aromatic rings. The summed E-state index contributed by atoms with van der Waals surface area (Å²) in [6, 6.07) is 8.84. The second-order valence-electron chi connectivity index (χ2n) is 7.58. The largest absolute Gasteiger partial charge is 0.497 e. The summed E-state index contributed by atoms with van der Waals surface area (Å²) in [5, 5.41) is 0. The molecule has 1 heteroatoms. The van der Waals surface area contributed by atoms with E-state index >= 15 is 0 Å². The van der Waals surface area contributed by atoms with Crippen LogP contribution >= 0.6 is 0 Å². The zero-order chi connectivity index (χ0) is 18.2. The van der Waals surface area contributed by atoms with Gasteiger partial charge in [-0.05, 0) is 36.5 Å². The van der Waals surface area contributed by atoms with Crippen molar-refractivity contribution < 1.29 is 4.74 Å². The maximum absolute atomic E-state index is 5.32. The van der Waals surface area contributed by atoms with Crippen LogP contribution in [0.2, 0.25) is 0 Å². The Labute approximate surface area is 157 Å². The molecular formula is C24H42O. The van der Waals surface area contributed by atoms with Crippen molar-refractivity contribution in [2.24, 2.45) is 0 Å². The van der Waals surface area contributed by atoms with Gasteiger partial charge in [-0.3, -0.25) is 0 Å². The molecule has 1 nitrogen and oxygen atoms in total. The van der Waals surface area contributed by atoms with Crippen LogP contribution in [0.15, 0.2) is 24.3 Å². The van der Waals surface area contributed by atoms with Gasteiger partial charge in [0, 0.05) is 0 Å². The van der Waals surface area contributed by atoms with Crippen LogP contribution in [-0.2, 0) is 0 Å². The molecule has 144 valence electrons. The van der Waals surface area contributed by atoms with E-state index in [0.29, 0.717) is 0 Å². The van der Waals surface area contributed by atoms with Gasteiger partial charge >= 0.3 is 0 Å². The molecule has 1 rings (SSSR count). The minimum atomic E-state index is 0.739. The molecule has 0 saturated heterocycles. The SMILES string of the molecule is CCCCCCCCC(CCCCCCCC)c1ccc(OC)cc1. The van der Waals surface area contributed by atoms with Crippen LogP contribution in [0.25, 0.3) is 0 Å². The summed E-state index contributed by atoms with van der Waals surface area (Å²) in [5.74, 6) is 1.71. The lowest BCUT2D eigenvalue weighted by atomic mass is 9.88. The Balaban J connectivity index is 2.39. The molecule has 0 aliphatic heterocycles. The summed E-state index contributed by atoms with van der Waals surface area (Å²) in [4.78, 5) is 0. The Hall–Kier alpha value is -0.980. The smallest absolute Gasteiger partial charge is 0.118 e. The Morgan fingerprint density at radius 1 is 0.640 bits per heavy atom. The normalized spacial score (nSPS) is 11.2. The lowest BCUT2D eigenvalue weighted by Crippen LogP contribution is -2.00. The summed E-state index contributed by atoms with van der Waals surface area (Å²) in [5.41, 5.74) is 1.52. The first kappa shape index (κ1) is 22.1. The molecule has 1 aromatic carbocycles. The maximum atomic E-state index is 5.32. The second kappa shape index (κ2) is 15.3. The second-order valence-corrected chi connectivity index (χ2v) is 7.58. The third kappa shape index (κ3) is 10.6. The first-order chi connectivity index (χ1) is 12.3. The molecule has 0 saturated carbocycles. The molecular weight excluding hydrogens is 304 g/mol. The Morgan fingerprint density at radius 2 is 1.08 bits per heavy atom. The first-order valence-corrected chi connectivity index (χ1v) is 11.0. The monoisotopic (exact) mass is 346 g/mol. The number of hydrogen-bond acceptors (Lipinski definition) is 1. The molecule has 0 unspecified atom stereocenters. The minimum absolute atomic E-state index is 0.739. The summed E-state index contributed by atoms with van der Waals surface area (Å²) >= 11 is 0. The molecule has 0 spiro atoms. The van der Waals surface area contributed by atoms with Crippen molar-refractivity contribution in [3.8, 4) is 5.75 Å². The van der Waals surface area contributed by atoms with E-state index in [-0.39, 0.29) is 0 Å². The molecule has 0 heterocycles. The highest BCUT2D eigenvalue weighted by molar-refractivity contribution is 5.29. The van der Waals surface area contributed by atoms with E-state index in [4.69, 9.17) is 4.74 Å². The van der Waals surface area contributed by atoms with E-state index in [2.05, 4.69) is 38.1 Å². The number of benzene rings is 1. The fraction of sp³-hybridized carbons (Fsp3) is 0.750. The standard InChI is InChI=1S/C24H42O/c1-4-6-8-10-12-14-16-22(17-15-13-11-9-7-5-2)23-18-20-24(25-3)21-19-23/h18-22H,4-17H2,1-3H3.